The van der Waals surface area contributed by atoms with Gasteiger partial charge in [0.1, 0.15) is 0 Å². The molecule has 0 saturated heterocycles. The van der Waals surface area contributed by atoms with Crippen molar-refractivity contribution in [2.75, 3.05) is 0 Å². The van der Waals surface area contributed by atoms with Gasteiger partial charge < -0.3 is 0 Å². The molecule has 19 heavy (non-hydrogen) atoms. The van der Waals surface area contributed by atoms with Gasteiger partial charge in [-0.3, -0.25) is 4.99 Å². The zero-order chi connectivity index (χ0) is 14.8. The highest BCUT2D eigenvalue weighted by molar-refractivity contribution is 5.94. The van der Waals surface area contributed by atoms with Crippen LogP contribution < -0.4 is 0 Å². The number of aliphatic imine (C=N–C) groups is 1. The van der Waals surface area contributed by atoms with E-state index in [9.17, 15) is 0 Å². The molecule has 0 aliphatic carbocycles. The monoisotopic (exact) mass is 261 g/mol. The Hall–Kier alpha value is -1.11. The summed E-state index contributed by atoms with van der Waals surface area (Å²) in [4.78, 5) is 4.61. The molecule has 0 spiro atoms. The Balaban J connectivity index is 5.28. The Morgan fingerprint density at radius 3 is 2.21 bits per heavy atom. The van der Waals surface area contributed by atoms with Crippen molar-refractivity contribution in [3.8, 4) is 0 Å². The smallest absolute Gasteiger partial charge is 0.0446 e. The van der Waals surface area contributed by atoms with E-state index in [1.807, 2.05) is 0 Å². The number of allylic oxidation sites excluding steroid dienone is 6. The summed E-state index contributed by atoms with van der Waals surface area (Å²) in [7, 11) is 0. The molecule has 0 saturated carbocycles. The molecule has 0 atom stereocenters. The first-order chi connectivity index (χ1) is 8.92. The number of hydrogen-bond donors (Lipinski definition) is 0. The minimum absolute atomic E-state index is 0.363. The fourth-order valence-electron chi connectivity index (χ4n) is 2.11. The third kappa shape index (κ3) is 7.81. The molecule has 0 rings (SSSR count). The quantitative estimate of drug-likeness (QED) is 0.315. The molecule has 0 amide bonds. The van der Waals surface area contributed by atoms with Gasteiger partial charge in [0.2, 0.25) is 0 Å². The van der Waals surface area contributed by atoms with E-state index in [2.05, 4.69) is 77.8 Å². The fraction of sp³-hybridized carbons (Fsp3) is 0.611. The Kier molecular flexibility index (Phi) is 9.20. The van der Waals surface area contributed by atoms with Gasteiger partial charge in [-0.1, -0.05) is 39.0 Å². The summed E-state index contributed by atoms with van der Waals surface area (Å²) in [5.74, 6) is 0.536. The second kappa shape index (κ2) is 9.77. The van der Waals surface area contributed by atoms with E-state index in [-0.39, 0.29) is 0 Å². The minimum atomic E-state index is 0.363. The van der Waals surface area contributed by atoms with Crippen molar-refractivity contribution in [1.82, 2.24) is 0 Å². The van der Waals surface area contributed by atoms with Crippen molar-refractivity contribution in [2.45, 2.75) is 67.3 Å². The Morgan fingerprint density at radius 2 is 1.79 bits per heavy atom. The molecule has 0 aromatic carbocycles. The van der Waals surface area contributed by atoms with Gasteiger partial charge in [-0.25, -0.2) is 0 Å². The van der Waals surface area contributed by atoms with E-state index >= 15 is 0 Å². The SMILES string of the molecule is CC=CCC=C(CC)/C(=C\C(C)=NC(C)C)C(C)C. The summed E-state index contributed by atoms with van der Waals surface area (Å²) >= 11 is 0. The van der Waals surface area contributed by atoms with Crippen molar-refractivity contribution >= 4 is 5.71 Å². The number of hydrogen-bond acceptors (Lipinski definition) is 1. The summed E-state index contributed by atoms with van der Waals surface area (Å²) in [6.45, 7) is 15.2. The molecular weight excluding hydrogens is 230 g/mol. The van der Waals surface area contributed by atoms with Gasteiger partial charge in [-0.05, 0) is 63.7 Å². The fourth-order valence-corrected chi connectivity index (χ4v) is 2.11. The van der Waals surface area contributed by atoms with Gasteiger partial charge >= 0.3 is 0 Å². The molecule has 1 heteroatoms. The molecule has 1 nitrogen and oxygen atoms in total. The molecule has 0 radical (unpaired) electrons. The van der Waals surface area contributed by atoms with Crippen molar-refractivity contribution in [2.24, 2.45) is 10.9 Å². The summed E-state index contributed by atoms with van der Waals surface area (Å²) in [6, 6.07) is 0.363. The molecule has 0 aromatic rings. The maximum absolute atomic E-state index is 4.61. The lowest BCUT2D eigenvalue weighted by Crippen LogP contribution is -2.03. The largest absolute Gasteiger partial charge is 0.287 e. The van der Waals surface area contributed by atoms with Crippen LogP contribution in [-0.4, -0.2) is 11.8 Å². The lowest BCUT2D eigenvalue weighted by atomic mass is 9.91. The number of nitrogens with zero attached hydrogens (tertiary/aromatic N) is 1. The lowest BCUT2D eigenvalue weighted by Gasteiger charge is -2.15. The molecule has 0 fully saturated rings. The highest BCUT2D eigenvalue weighted by Gasteiger charge is 2.08. The second-order valence-electron chi connectivity index (χ2n) is 5.51. The van der Waals surface area contributed by atoms with E-state index in [1.54, 1.807) is 0 Å². The van der Waals surface area contributed by atoms with Gasteiger partial charge in [0, 0.05) is 11.8 Å². The molecule has 0 aliphatic rings. The van der Waals surface area contributed by atoms with Crippen molar-refractivity contribution in [1.29, 1.82) is 0 Å². The predicted molar refractivity (Wildman–Crippen MR) is 89.0 cm³/mol. The van der Waals surface area contributed by atoms with Crippen molar-refractivity contribution < 1.29 is 0 Å². The topological polar surface area (TPSA) is 12.4 Å². The second-order valence-corrected chi connectivity index (χ2v) is 5.51. The van der Waals surface area contributed by atoms with Gasteiger partial charge in [0.15, 0.2) is 0 Å². The molecule has 0 unspecified atom stereocenters. The highest BCUT2D eigenvalue weighted by Crippen LogP contribution is 2.23. The first-order valence-corrected chi connectivity index (χ1v) is 7.48. The highest BCUT2D eigenvalue weighted by atomic mass is 14.8. The molecule has 0 bridgehead atoms. The zero-order valence-electron chi connectivity index (χ0n) is 13.8. The van der Waals surface area contributed by atoms with E-state index in [4.69, 9.17) is 0 Å². The van der Waals surface area contributed by atoms with Crippen LogP contribution >= 0.6 is 0 Å². The Labute approximate surface area is 120 Å². The number of rotatable bonds is 7. The van der Waals surface area contributed by atoms with Crippen molar-refractivity contribution in [3.05, 3.63) is 35.5 Å². The Morgan fingerprint density at radius 1 is 1.16 bits per heavy atom. The summed E-state index contributed by atoms with van der Waals surface area (Å²) in [5, 5.41) is 0. The third-order valence-corrected chi connectivity index (χ3v) is 2.94. The molecule has 0 N–H and O–H groups in total. The van der Waals surface area contributed by atoms with Gasteiger partial charge in [-0.2, -0.15) is 0 Å². The summed E-state index contributed by atoms with van der Waals surface area (Å²) < 4.78 is 0. The molecular formula is C18H31N. The predicted octanol–water partition coefficient (Wildman–Crippen LogP) is 5.74. The summed E-state index contributed by atoms with van der Waals surface area (Å²) in [5.41, 5.74) is 4.00. The maximum Gasteiger partial charge on any atom is 0.0446 e. The van der Waals surface area contributed by atoms with Crippen LogP contribution in [-0.2, 0) is 0 Å². The van der Waals surface area contributed by atoms with Crippen LogP contribution in [0.1, 0.15) is 61.3 Å². The molecule has 108 valence electrons. The first kappa shape index (κ1) is 17.9. The van der Waals surface area contributed by atoms with Crippen molar-refractivity contribution in [3.63, 3.8) is 0 Å². The van der Waals surface area contributed by atoms with E-state index in [0.717, 1.165) is 18.6 Å². The van der Waals surface area contributed by atoms with E-state index in [0.29, 0.717) is 12.0 Å². The average Bonchev–Trinajstić information content (AvgIpc) is 2.31. The maximum atomic E-state index is 4.61. The van der Waals surface area contributed by atoms with Crippen LogP contribution in [0, 0.1) is 5.92 Å². The van der Waals surface area contributed by atoms with Crippen LogP contribution in [0.3, 0.4) is 0 Å². The first-order valence-electron chi connectivity index (χ1n) is 7.48. The van der Waals surface area contributed by atoms with Crippen LogP contribution in [0.15, 0.2) is 40.4 Å². The average molecular weight is 261 g/mol. The van der Waals surface area contributed by atoms with Gasteiger partial charge in [0.05, 0.1) is 0 Å². The van der Waals surface area contributed by atoms with Crippen LogP contribution in [0.5, 0.6) is 0 Å². The third-order valence-electron chi connectivity index (χ3n) is 2.94. The van der Waals surface area contributed by atoms with E-state index < -0.39 is 0 Å². The Bertz CT molecular complexity index is 365. The standard InChI is InChI=1S/C18H31N/c1-8-10-11-12-17(9-2)18(14(3)4)13-16(7)19-15(5)6/h8,10,12-15H,9,11H2,1-7H3/b10-8?,17-12?,18-13-,19-16?. The normalized spacial score (nSPS) is 15.1. The molecule has 0 aliphatic heterocycles. The lowest BCUT2D eigenvalue weighted by molar-refractivity contribution is 0.765. The van der Waals surface area contributed by atoms with Crippen LogP contribution in [0.4, 0.5) is 0 Å². The van der Waals surface area contributed by atoms with Crippen LogP contribution in [0.2, 0.25) is 0 Å². The minimum Gasteiger partial charge on any atom is -0.287 e. The molecule has 0 aromatic heterocycles. The van der Waals surface area contributed by atoms with Gasteiger partial charge in [-0.15, -0.1) is 0 Å². The zero-order valence-corrected chi connectivity index (χ0v) is 13.8. The van der Waals surface area contributed by atoms with Crippen LogP contribution in [0.25, 0.3) is 0 Å². The van der Waals surface area contributed by atoms with Gasteiger partial charge in [0.25, 0.3) is 0 Å². The molecule has 0 heterocycles. The van der Waals surface area contributed by atoms with E-state index in [1.165, 1.54) is 11.1 Å². The summed E-state index contributed by atoms with van der Waals surface area (Å²) in [6.07, 6.45) is 11.0.